The van der Waals surface area contributed by atoms with Crippen LogP contribution in [0.15, 0.2) is 48.5 Å². The molecule has 0 atom stereocenters. The Hall–Kier alpha value is -3.08. The lowest BCUT2D eigenvalue weighted by Gasteiger charge is -2.07. The van der Waals surface area contributed by atoms with Gasteiger partial charge in [-0.25, -0.2) is 0 Å². The lowest BCUT2D eigenvalue weighted by molar-refractivity contribution is 0.102. The second-order valence-electron chi connectivity index (χ2n) is 4.15. The maximum atomic E-state index is 12.3. The molecule has 2 rings (SSSR count). The number of amides is 1. The number of benzene rings is 2. The number of aliphatic hydroxyl groups excluding tert-OH is 1. The Labute approximate surface area is 122 Å². The second kappa shape index (κ2) is 6.91. The summed E-state index contributed by atoms with van der Waals surface area (Å²) in [7, 11) is 0. The van der Waals surface area contributed by atoms with Crippen molar-refractivity contribution in [3.63, 3.8) is 0 Å². The van der Waals surface area contributed by atoms with Crippen LogP contribution in [0.2, 0.25) is 0 Å². The average molecular weight is 276 g/mol. The summed E-state index contributed by atoms with van der Waals surface area (Å²) in [6, 6.07) is 15.6. The highest BCUT2D eigenvalue weighted by Gasteiger charge is 2.10. The summed E-state index contributed by atoms with van der Waals surface area (Å²) in [4.78, 5) is 12.3. The van der Waals surface area contributed by atoms with E-state index < -0.39 is 0 Å². The first-order valence-corrected chi connectivity index (χ1v) is 6.25. The molecule has 2 N–H and O–H groups in total. The third kappa shape index (κ3) is 3.70. The highest BCUT2D eigenvalue weighted by atomic mass is 16.2. The number of nitrogens with zero attached hydrogens (tertiary/aromatic N) is 1. The van der Waals surface area contributed by atoms with Gasteiger partial charge in [0, 0.05) is 11.3 Å². The van der Waals surface area contributed by atoms with Gasteiger partial charge in [-0.1, -0.05) is 30.0 Å². The molecule has 0 fully saturated rings. The molecular weight excluding hydrogens is 264 g/mol. The summed E-state index contributed by atoms with van der Waals surface area (Å²) in [6.45, 7) is -0.264. The minimum atomic E-state index is -0.312. The van der Waals surface area contributed by atoms with E-state index in [1.807, 2.05) is 6.07 Å². The smallest absolute Gasteiger partial charge is 0.256 e. The van der Waals surface area contributed by atoms with Gasteiger partial charge in [-0.05, 0) is 30.3 Å². The zero-order valence-corrected chi connectivity index (χ0v) is 11.1. The third-order valence-electron chi connectivity index (χ3n) is 2.72. The first kappa shape index (κ1) is 14.3. The number of hydrogen-bond donors (Lipinski definition) is 2. The minimum Gasteiger partial charge on any atom is -0.384 e. The Morgan fingerprint density at radius 1 is 1.19 bits per heavy atom. The SMILES string of the molecule is N#Cc1cccc(NC(=O)c2ccccc2C#CCO)c1. The van der Waals surface area contributed by atoms with E-state index in [0.717, 1.165) is 0 Å². The minimum absolute atomic E-state index is 0.264. The van der Waals surface area contributed by atoms with Crippen LogP contribution in [-0.2, 0) is 0 Å². The number of hydrogen-bond acceptors (Lipinski definition) is 3. The summed E-state index contributed by atoms with van der Waals surface area (Å²) < 4.78 is 0. The van der Waals surface area contributed by atoms with Crippen LogP contribution in [0, 0.1) is 23.2 Å². The van der Waals surface area contributed by atoms with E-state index in [-0.39, 0.29) is 12.5 Å². The van der Waals surface area contributed by atoms with Crippen LogP contribution in [0.3, 0.4) is 0 Å². The van der Waals surface area contributed by atoms with Crippen molar-refractivity contribution in [2.45, 2.75) is 0 Å². The van der Waals surface area contributed by atoms with E-state index in [1.54, 1.807) is 48.5 Å². The molecule has 2 aromatic carbocycles. The van der Waals surface area contributed by atoms with Crippen LogP contribution in [0.25, 0.3) is 0 Å². The van der Waals surface area contributed by atoms with Gasteiger partial charge in [-0.15, -0.1) is 0 Å². The molecular formula is C17H12N2O2. The zero-order valence-electron chi connectivity index (χ0n) is 11.1. The highest BCUT2D eigenvalue weighted by molar-refractivity contribution is 6.06. The number of nitrogens with one attached hydrogen (secondary N) is 1. The summed E-state index contributed by atoms with van der Waals surface area (Å²) in [6.07, 6.45) is 0. The number of aliphatic hydroxyl groups is 1. The molecule has 0 saturated heterocycles. The van der Waals surface area contributed by atoms with Crippen LogP contribution in [-0.4, -0.2) is 17.6 Å². The fraction of sp³-hybridized carbons (Fsp3) is 0.0588. The number of carbonyl (C=O) groups excluding carboxylic acids is 1. The van der Waals surface area contributed by atoms with E-state index in [1.165, 1.54) is 0 Å². The fourth-order valence-corrected chi connectivity index (χ4v) is 1.79. The first-order valence-electron chi connectivity index (χ1n) is 6.25. The molecule has 0 spiro atoms. The molecule has 0 aliphatic rings. The lowest BCUT2D eigenvalue weighted by atomic mass is 10.1. The summed E-state index contributed by atoms with van der Waals surface area (Å²) in [5.41, 5.74) is 1.98. The highest BCUT2D eigenvalue weighted by Crippen LogP contribution is 2.14. The van der Waals surface area contributed by atoms with Gasteiger partial charge in [0.1, 0.15) is 6.61 Å². The van der Waals surface area contributed by atoms with Crippen molar-refractivity contribution in [2.24, 2.45) is 0 Å². The molecule has 2 aromatic rings. The number of rotatable bonds is 2. The molecule has 0 radical (unpaired) electrons. The van der Waals surface area contributed by atoms with E-state index >= 15 is 0 Å². The molecule has 0 saturated carbocycles. The molecule has 0 heterocycles. The Balaban J connectivity index is 2.26. The van der Waals surface area contributed by atoms with Crippen molar-refractivity contribution in [1.29, 1.82) is 5.26 Å². The fourth-order valence-electron chi connectivity index (χ4n) is 1.79. The van der Waals surface area contributed by atoms with Crippen LogP contribution in [0.5, 0.6) is 0 Å². The monoisotopic (exact) mass is 276 g/mol. The maximum Gasteiger partial charge on any atom is 0.256 e. The molecule has 0 unspecified atom stereocenters. The topological polar surface area (TPSA) is 73.1 Å². The number of nitriles is 1. The van der Waals surface area contributed by atoms with E-state index in [0.29, 0.717) is 22.4 Å². The Morgan fingerprint density at radius 3 is 2.76 bits per heavy atom. The Morgan fingerprint density at radius 2 is 2.00 bits per heavy atom. The molecule has 0 bridgehead atoms. The number of anilines is 1. The predicted molar refractivity (Wildman–Crippen MR) is 79.5 cm³/mol. The Kier molecular flexibility index (Phi) is 4.71. The second-order valence-corrected chi connectivity index (χ2v) is 4.15. The van der Waals surface area contributed by atoms with Gasteiger partial charge in [-0.2, -0.15) is 5.26 Å². The summed E-state index contributed by atoms with van der Waals surface area (Å²) >= 11 is 0. The van der Waals surface area contributed by atoms with Gasteiger partial charge in [0.15, 0.2) is 0 Å². The quantitative estimate of drug-likeness (QED) is 0.825. The number of carbonyl (C=O) groups is 1. The summed E-state index contributed by atoms with van der Waals surface area (Å²) in [5, 5.41) is 20.3. The van der Waals surface area contributed by atoms with Gasteiger partial charge >= 0.3 is 0 Å². The predicted octanol–water partition coefficient (Wildman–Crippen LogP) is 2.15. The maximum absolute atomic E-state index is 12.3. The lowest BCUT2D eigenvalue weighted by Crippen LogP contribution is -2.13. The van der Waals surface area contributed by atoms with Gasteiger partial charge in [0.2, 0.25) is 0 Å². The van der Waals surface area contributed by atoms with Crippen molar-refractivity contribution < 1.29 is 9.90 Å². The molecule has 1 amide bonds. The van der Waals surface area contributed by atoms with E-state index in [4.69, 9.17) is 10.4 Å². The first-order chi connectivity index (χ1) is 10.2. The molecule has 0 aromatic heterocycles. The van der Waals surface area contributed by atoms with Crippen molar-refractivity contribution >= 4 is 11.6 Å². The normalized spacial score (nSPS) is 9.14. The largest absolute Gasteiger partial charge is 0.384 e. The standard InChI is InChI=1S/C17H12N2O2/c18-12-13-5-3-8-15(11-13)19-17(21)16-9-2-1-6-14(16)7-4-10-20/h1-3,5-6,8-9,11,20H,10H2,(H,19,21). The van der Waals surface area contributed by atoms with Crippen LogP contribution in [0.1, 0.15) is 21.5 Å². The van der Waals surface area contributed by atoms with Crippen molar-refractivity contribution in [3.05, 3.63) is 65.2 Å². The molecule has 0 aliphatic heterocycles. The van der Waals surface area contributed by atoms with Crippen LogP contribution < -0.4 is 5.32 Å². The average Bonchev–Trinajstić information content (AvgIpc) is 2.53. The summed E-state index contributed by atoms with van der Waals surface area (Å²) in [5.74, 6) is 4.95. The molecule has 21 heavy (non-hydrogen) atoms. The van der Waals surface area contributed by atoms with Crippen molar-refractivity contribution in [1.82, 2.24) is 0 Å². The van der Waals surface area contributed by atoms with Gasteiger partial charge < -0.3 is 10.4 Å². The van der Waals surface area contributed by atoms with Gasteiger partial charge in [-0.3, -0.25) is 4.79 Å². The molecule has 0 aliphatic carbocycles. The third-order valence-corrected chi connectivity index (χ3v) is 2.72. The van der Waals surface area contributed by atoms with Crippen LogP contribution >= 0.6 is 0 Å². The van der Waals surface area contributed by atoms with Gasteiger partial charge in [0.25, 0.3) is 5.91 Å². The molecule has 4 heteroatoms. The van der Waals surface area contributed by atoms with Crippen LogP contribution in [0.4, 0.5) is 5.69 Å². The molecule has 102 valence electrons. The van der Waals surface area contributed by atoms with E-state index in [2.05, 4.69) is 17.2 Å². The Bertz CT molecular complexity index is 764. The van der Waals surface area contributed by atoms with Crippen molar-refractivity contribution in [2.75, 3.05) is 11.9 Å². The molecule has 4 nitrogen and oxygen atoms in total. The van der Waals surface area contributed by atoms with Crippen molar-refractivity contribution in [3.8, 4) is 17.9 Å². The zero-order chi connectivity index (χ0) is 15.1. The van der Waals surface area contributed by atoms with Gasteiger partial charge in [0.05, 0.1) is 17.2 Å². The van der Waals surface area contributed by atoms with E-state index in [9.17, 15) is 4.79 Å².